The SMILES string of the molecule is c1ccc(-c2cc(-c3nc(-c4cccc(-c5cccc6oc7ccccc7c56)c4)nc(-c4ccc5ccccc5c4)n3)cc3ccccc23)cc1. The molecule has 51 heavy (non-hydrogen) atoms. The molecule has 2 heterocycles. The van der Waals surface area contributed by atoms with E-state index in [9.17, 15) is 0 Å². The zero-order chi connectivity index (χ0) is 33.7. The highest BCUT2D eigenvalue weighted by Crippen LogP contribution is 2.38. The van der Waals surface area contributed by atoms with E-state index in [1.165, 1.54) is 10.8 Å². The number of aromatic nitrogens is 3. The molecule has 4 nitrogen and oxygen atoms in total. The number of hydrogen-bond donors (Lipinski definition) is 0. The van der Waals surface area contributed by atoms with Crippen molar-refractivity contribution in [2.75, 3.05) is 0 Å². The average Bonchev–Trinajstić information content (AvgIpc) is 3.59. The van der Waals surface area contributed by atoms with Crippen LogP contribution in [0.5, 0.6) is 0 Å². The molecule has 2 aromatic heterocycles. The molecule has 238 valence electrons. The van der Waals surface area contributed by atoms with Crippen molar-refractivity contribution in [3.05, 3.63) is 176 Å². The smallest absolute Gasteiger partial charge is 0.164 e. The quantitative estimate of drug-likeness (QED) is 0.186. The first kappa shape index (κ1) is 29.0. The number of rotatable bonds is 5. The van der Waals surface area contributed by atoms with Crippen LogP contribution in [0, 0.1) is 0 Å². The first-order chi connectivity index (χ1) is 25.2. The van der Waals surface area contributed by atoms with E-state index in [4.69, 9.17) is 19.4 Å². The number of benzene rings is 8. The van der Waals surface area contributed by atoms with Crippen LogP contribution < -0.4 is 0 Å². The minimum Gasteiger partial charge on any atom is -0.456 e. The molecule has 0 N–H and O–H groups in total. The van der Waals surface area contributed by atoms with Gasteiger partial charge in [-0.15, -0.1) is 0 Å². The van der Waals surface area contributed by atoms with Gasteiger partial charge in [-0.25, -0.2) is 15.0 Å². The molecule has 8 aromatic carbocycles. The lowest BCUT2D eigenvalue weighted by Gasteiger charge is -2.13. The summed E-state index contributed by atoms with van der Waals surface area (Å²) < 4.78 is 6.23. The third-order valence-electron chi connectivity index (χ3n) is 9.68. The second-order valence-corrected chi connectivity index (χ2v) is 12.8. The molecule has 10 rings (SSSR count). The van der Waals surface area contributed by atoms with Gasteiger partial charge in [-0.05, 0) is 80.2 Å². The van der Waals surface area contributed by atoms with Crippen LogP contribution in [-0.4, -0.2) is 15.0 Å². The normalized spacial score (nSPS) is 11.5. The van der Waals surface area contributed by atoms with Crippen molar-refractivity contribution in [3.63, 3.8) is 0 Å². The predicted octanol–water partition coefficient (Wildman–Crippen LogP) is 12.4. The van der Waals surface area contributed by atoms with Crippen molar-refractivity contribution < 1.29 is 4.42 Å². The summed E-state index contributed by atoms with van der Waals surface area (Å²) in [4.78, 5) is 15.5. The van der Waals surface area contributed by atoms with E-state index in [1.807, 2.05) is 24.3 Å². The molecule has 0 fully saturated rings. The van der Waals surface area contributed by atoms with Gasteiger partial charge in [0.1, 0.15) is 11.2 Å². The fourth-order valence-electron chi connectivity index (χ4n) is 7.23. The van der Waals surface area contributed by atoms with Gasteiger partial charge in [-0.1, -0.05) is 140 Å². The second kappa shape index (κ2) is 11.9. The van der Waals surface area contributed by atoms with Crippen LogP contribution in [0.3, 0.4) is 0 Å². The molecule has 10 aromatic rings. The Morgan fingerprint density at radius 2 is 0.902 bits per heavy atom. The molecule has 4 heteroatoms. The van der Waals surface area contributed by atoms with Crippen molar-refractivity contribution >= 4 is 43.5 Å². The molecule has 0 atom stereocenters. The summed E-state index contributed by atoms with van der Waals surface area (Å²) in [5.74, 6) is 1.87. The minimum absolute atomic E-state index is 0.614. The van der Waals surface area contributed by atoms with Gasteiger partial charge in [0.15, 0.2) is 17.5 Å². The van der Waals surface area contributed by atoms with Gasteiger partial charge in [0, 0.05) is 27.5 Å². The van der Waals surface area contributed by atoms with E-state index < -0.39 is 0 Å². The van der Waals surface area contributed by atoms with E-state index in [0.717, 1.165) is 71.7 Å². The van der Waals surface area contributed by atoms with Gasteiger partial charge in [-0.3, -0.25) is 0 Å². The molecule has 0 aliphatic heterocycles. The van der Waals surface area contributed by atoms with Crippen LogP contribution in [-0.2, 0) is 0 Å². The number of furan rings is 1. The van der Waals surface area contributed by atoms with Crippen molar-refractivity contribution in [1.29, 1.82) is 0 Å². The van der Waals surface area contributed by atoms with Crippen LogP contribution >= 0.6 is 0 Å². The van der Waals surface area contributed by atoms with Gasteiger partial charge in [-0.2, -0.15) is 0 Å². The standard InChI is InChI=1S/C47H29N3O/c1-2-13-31(14-3-1)41-29-37(28-33-16-6-7-19-38(33)41)47-49-45(48-46(50-47)36-25-24-30-12-4-5-15-32(30)26-36)35-18-10-17-34(27-35)39-21-11-23-43-44(39)40-20-8-9-22-42(40)51-43/h1-29H. The summed E-state index contributed by atoms with van der Waals surface area (Å²) in [5, 5.41) is 6.82. The van der Waals surface area contributed by atoms with Crippen LogP contribution in [0.25, 0.3) is 99.9 Å². The van der Waals surface area contributed by atoms with Crippen LogP contribution in [0.4, 0.5) is 0 Å². The molecule has 0 saturated heterocycles. The largest absolute Gasteiger partial charge is 0.456 e. The van der Waals surface area contributed by atoms with Crippen molar-refractivity contribution in [2.45, 2.75) is 0 Å². The summed E-state index contributed by atoms with van der Waals surface area (Å²) in [6.07, 6.45) is 0. The highest BCUT2D eigenvalue weighted by Gasteiger charge is 2.17. The topological polar surface area (TPSA) is 51.8 Å². The molecule has 0 amide bonds. The maximum absolute atomic E-state index is 6.23. The summed E-state index contributed by atoms with van der Waals surface area (Å²) >= 11 is 0. The number of para-hydroxylation sites is 1. The average molecular weight is 652 g/mol. The number of hydrogen-bond acceptors (Lipinski definition) is 4. The second-order valence-electron chi connectivity index (χ2n) is 12.8. The van der Waals surface area contributed by atoms with E-state index in [0.29, 0.717) is 17.5 Å². The number of fused-ring (bicyclic) bond motifs is 5. The molecule has 0 radical (unpaired) electrons. The maximum Gasteiger partial charge on any atom is 0.164 e. The summed E-state index contributed by atoms with van der Waals surface area (Å²) in [6, 6.07) is 61.1. The van der Waals surface area contributed by atoms with Gasteiger partial charge < -0.3 is 4.42 Å². The van der Waals surface area contributed by atoms with Gasteiger partial charge in [0.2, 0.25) is 0 Å². The van der Waals surface area contributed by atoms with E-state index >= 15 is 0 Å². The first-order valence-electron chi connectivity index (χ1n) is 17.1. The predicted molar refractivity (Wildman–Crippen MR) is 209 cm³/mol. The van der Waals surface area contributed by atoms with Crippen molar-refractivity contribution in [3.8, 4) is 56.4 Å². The summed E-state index contributed by atoms with van der Waals surface area (Å²) in [5.41, 5.74) is 8.98. The molecule has 0 bridgehead atoms. The molecule has 0 aliphatic rings. The fourth-order valence-corrected chi connectivity index (χ4v) is 7.23. The highest BCUT2D eigenvalue weighted by molar-refractivity contribution is 6.12. The third-order valence-corrected chi connectivity index (χ3v) is 9.68. The minimum atomic E-state index is 0.614. The van der Waals surface area contributed by atoms with Crippen LogP contribution in [0.2, 0.25) is 0 Å². The summed E-state index contributed by atoms with van der Waals surface area (Å²) in [7, 11) is 0. The zero-order valence-electron chi connectivity index (χ0n) is 27.5. The van der Waals surface area contributed by atoms with E-state index in [2.05, 4.69) is 152 Å². The third kappa shape index (κ3) is 5.13. The Morgan fingerprint density at radius 1 is 0.314 bits per heavy atom. The fraction of sp³-hybridized carbons (Fsp3) is 0. The molecular formula is C47H29N3O. The van der Waals surface area contributed by atoms with Crippen molar-refractivity contribution in [2.24, 2.45) is 0 Å². The highest BCUT2D eigenvalue weighted by atomic mass is 16.3. The zero-order valence-corrected chi connectivity index (χ0v) is 27.5. The molecule has 0 aliphatic carbocycles. The van der Waals surface area contributed by atoms with E-state index in [-0.39, 0.29) is 0 Å². The lowest BCUT2D eigenvalue weighted by atomic mass is 9.95. The Hall–Kier alpha value is -6.91. The molecular weight excluding hydrogens is 623 g/mol. The van der Waals surface area contributed by atoms with Crippen LogP contribution in [0.1, 0.15) is 0 Å². The van der Waals surface area contributed by atoms with Gasteiger partial charge >= 0.3 is 0 Å². The lowest BCUT2D eigenvalue weighted by Crippen LogP contribution is -2.01. The molecule has 0 unspecified atom stereocenters. The van der Waals surface area contributed by atoms with Crippen LogP contribution in [0.15, 0.2) is 180 Å². The Labute approximate surface area is 294 Å². The van der Waals surface area contributed by atoms with Gasteiger partial charge in [0.25, 0.3) is 0 Å². The van der Waals surface area contributed by atoms with Crippen molar-refractivity contribution in [1.82, 2.24) is 15.0 Å². The Kier molecular flexibility index (Phi) is 6.78. The Bertz CT molecular complexity index is 2930. The molecule has 0 saturated carbocycles. The van der Waals surface area contributed by atoms with E-state index in [1.54, 1.807) is 0 Å². The first-order valence-corrected chi connectivity index (χ1v) is 17.1. The maximum atomic E-state index is 6.23. The monoisotopic (exact) mass is 651 g/mol. The summed E-state index contributed by atoms with van der Waals surface area (Å²) in [6.45, 7) is 0. The number of nitrogens with zero attached hydrogens (tertiary/aromatic N) is 3. The van der Waals surface area contributed by atoms with Gasteiger partial charge in [0.05, 0.1) is 0 Å². The Morgan fingerprint density at radius 3 is 1.75 bits per heavy atom. The molecule has 0 spiro atoms. The Balaban J connectivity index is 1.19. The lowest BCUT2D eigenvalue weighted by molar-refractivity contribution is 0.669.